The van der Waals surface area contributed by atoms with Gasteiger partial charge < -0.3 is 15.0 Å². The van der Waals surface area contributed by atoms with Gasteiger partial charge in [0.15, 0.2) is 0 Å². The molecular weight excluding hydrogens is 388 g/mol. The van der Waals surface area contributed by atoms with Crippen LogP contribution in [-0.2, 0) is 4.74 Å². The van der Waals surface area contributed by atoms with Crippen molar-refractivity contribution in [2.24, 2.45) is 0 Å². The van der Waals surface area contributed by atoms with Crippen molar-refractivity contribution in [2.45, 2.75) is 63.3 Å². The lowest BCUT2D eigenvalue weighted by atomic mass is 9.90. The van der Waals surface area contributed by atoms with Crippen LogP contribution in [0, 0.1) is 0 Å². The summed E-state index contributed by atoms with van der Waals surface area (Å²) in [7, 11) is 4.36. The molecule has 7 nitrogen and oxygen atoms in total. The number of anilines is 1. The van der Waals surface area contributed by atoms with Crippen molar-refractivity contribution in [1.82, 2.24) is 24.6 Å². The van der Waals surface area contributed by atoms with Crippen LogP contribution in [0.1, 0.15) is 51.2 Å². The lowest BCUT2D eigenvalue weighted by molar-refractivity contribution is -0.0394. The fourth-order valence-corrected chi connectivity index (χ4v) is 4.86. The third-order valence-corrected chi connectivity index (χ3v) is 6.79. The monoisotopic (exact) mass is 420 g/mol. The summed E-state index contributed by atoms with van der Waals surface area (Å²) in [5.74, 6) is 0.933. The molecule has 1 saturated carbocycles. The highest BCUT2D eigenvalue weighted by atomic mass is 16.5. The Hall–Kier alpha value is -2.51. The highest BCUT2D eigenvalue weighted by Crippen LogP contribution is 2.31. The van der Waals surface area contributed by atoms with Crippen molar-refractivity contribution in [3.8, 4) is 11.1 Å². The molecule has 3 aromatic rings. The highest BCUT2D eigenvalue weighted by Gasteiger charge is 2.23. The average Bonchev–Trinajstić information content (AvgIpc) is 3.30. The number of nitrogens with one attached hydrogen (secondary N) is 1. The molecule has 7 heteroatoms. The molecule has 1 aliphatic heterocycles. The molecule has 2 aromatic heterocycles. The second-order valence-corrected chi connectivity index (χ2v) is 9.10. The van der Waals surface area contributed by atoms with Crippen LogP contribution >= 0.6 is 0 Å². The molecule has 1 unspecified atom stereocenters. The van der Waals surface area contributed by atoms with Crippen molar-refractivity contribution in [2.75, 3.05) is 26.0 Å². The number of rotatable bonds is 5. The van der Waals surface area contributed by atoms with Crippen LogP contribution in [0.15, 0.2) is 36.9 Å². The Labute approximate surface area is 183 Å². The highest BCUT2D eigenvalue weighted by molar-refractivity contribution is 5.92. The van der Waals surface area contributed by atoms with Crippen LogP contribution in [0.5, 0.6) is 0 Å². The smallest absolute Gasteiger partial charge is 0.150 e. The number of hydrogen-bond acceptors (Lipinski definition) is 6. The number of fused-ring (bicyclic) bond motifs is 1. The van der Waals surface area contributed by atoms with Gasteiger partial charge in [0, 0.05) is 35.8 Å². The molecular formula is C24H32N6O. The van der Waals surface area contributed by atoms with E-state index in [1.54, 1.807) is 6.33 Å². The lowest BCUT2D eigenvalue weighted by Gasteiger charge is -2.33. The van der Waals surface area contributed by atoms with E-state index in [0.717, 1.165) is 47.3 Å². The predicted molar refractivity (Wildman–Crippen MR) is 123 cm³/mol. The summed E-state index contributed by atoms with van der Waals surface area (Å²) in [5.41, 5.74) is 3.19. The minimum Gasteiger partial charge on any atom is -0.367 e. The molecule has 31 heavy (non-hydrogen) atoms. The molecule has 2 aliphatic rings. The normalized spacial score (nSPS) is 24.5. The van der Waals surface area contributed by atoms with Crippen LogP contribution in [0.25, 0.3) is 22.0 Å². The van der Waals surface area contributed by atoms with Gasteiger partial charge in [0.1, 0.15) is 18.4 Å². The van der Waals surface area contributed by atoms with Crippen LogP contribution in [0.3, 0.4) is 0 Å². The van der Waals surface area contributed by atoms with Crippen LogP contribution < -0.4 is 5.32 Å². The van der Waals surface area contributed by atoms with Crippen molar-refractivity contribution in [1.29, 1.82) is 0 Å². The summed E-state index contributed by atoms with van der Waals surface area (Å²) in [6, 6.07) is 7.53. The van der Waals surface area contributed by atoms with E-state index in [9.17, 15) is 0 Å². The molecule has 1 atom stereocenters. The molecule has 1 N–H and O–H groups in total. The second-order valence-electron chi connectivity index (χ2n) is 9.10. The molecule has 1 saturated heterocycles. The first-order chi connectivity index (χ1) is 15.2. The van der Waals surface area contributed by atoms with E-state index in [1.165, 1.54) is 32.1 Å². The number of hydrogen-bond donors (Lipinski definition) is 1. The topological polar surface area (TPSA) is 68.1 Å². The summed E-state index contributed by atoms with van der Waals surface area (Å²) in [4.78, 5) is 11.4. The molecule has 0 radical (unpaired) electrons. The minimum absolute atomic E-state index is 0.0563. The summed E-state index contributed by atoms with van der Waals surface area (Å²) in [6.45, 7) is 0.818. The number of aromatic nitrogens is 4. The van der Waals surface area contributed by atoms with Crippen molar-refractivity contribution >= 4 is 16.7 Å². The molecule has 0 amide bonds. The van der Waals surface area contributed by atoms with Crippen molar-refractivity contribution < 1.29 is 4.74 Å². The lowest BCUT2D eigenvalue weighted by Crippen LogP contribution is -2.36. The molecule has 3 heterocycles. The minimum atomic E-state index is 0.0563. The van der Waals surface area contributed by atoms with Gasteiger partial charge in [-0.1, -0.05) is 6.07 Å². The van der Waals surface area contributed by atoms with Gasteiger partial charge in [0.05, 0.1) is 11.7 Å². The van der Waals surface area contributed by atoms with Gasteiger partial charge in [-0.3, -0.25) is 0 Å². The Morgan fingerprint density at radius 2 is 1.90 bits per heavy atom. The van der Waals surface area contributed by atoms with E-state index in [1.807, 2.05) is 10.9 Å². The van der Waals surface area contributed by atoms with Crippen molar-refractivity contribution in [3.05, 3.63) is 36.9 Å². The molecule has 2 fully saturated rings. The largest absolute Gasteiger partial charge is 0.367 e. The maximum atomic E-state index is 5.88. The quantitative estimate of drug-likeness (QED) is 0.657. The first-order valence-corrected chi connectivity index (χ1v) is 11.5. The van der Waals surface area contributed by atoms with Gasteiger partial charge >= 0.3 is 0 Å². The van der Waals surface area contributed by atoms with Gasteiger partial charge in [-0.05, 0) is 76.7 Å². The van der Waals surface area contributed by atoms with E-state index in [4.69, 9.17) is 4.74 Å². The van der Waals surface area contributed by atoms with Crippen molar-refractivity contribution in [3.63, 3.8) is 0 Å². The third kappa shape index (κ3) is 4.43. The van der Waals surface area contributed by atoms with E-state index < -0.39 is 0 Å². The van der Waals surface area contributed by atoms with Crippen LogP contribution in [-0.4, -0.2) is 57.4 Å². The predicted octanol–water partition coefficient (Wildman–Crippen LogP) is 4.48. The van der Waals surface area contributed by atoms with Crippen LogP contribution in [0.4, 0.5) is 5.82 Å². The zero-order valence-electron chi connectivity index (χ0n) is 18.5. The van der Waals surface area contributed by atoms with E-state index in [-0.39, 0.29) is 6.23 Å². The standard InChI is InChI=1S/C24H32N6O/c1-29(2)20-9-7-19(8-10-20)28-24-21-13-17(6-11-22(21)25-16-26-24)18-14-27-30(15-18)23-5-3-4-12-31-23/h6,11,13-16,19-20,23H,3-5,7-10,12H2,1-2H3,(H,25,26,28). The van der Waals surface area contributed by atoms with Gasteiger partial charge in [0.25, 0.3) is 0 Å². The molecule has 164 valence electrons. The summed E-state index contributed by atoms with van der Waals surface area (Å²) in [5, 5.41) is 9.35. The Bertz CT molecular complexity index is 1020. The van der Waals surface area contributed by atoms with E-state index >= 15 is 0 Å². The fourth-order valence-electron chi connectivity index (χ4n) is 4.86. The van der Waals surface area contributed by atoms with Gasteiger partial charge in [-0.15, -0.1) is 0 Å². The third-order valence-electron chi connectivity index (χ3n) is 6.79. The second kappa shape index (κ2) is 8.93. The Kier molecular flexibility index (Phi) is 5.87. The first-order valence-electron chi connectivity index (χ1n) is 11.5. The van der Waals surface area contributed by atoms with Gasteiger partial charge in [-0.25, -0.2) is 14.6 Å². The molecule has 0 bridgehead atoms. The Balaban J connectivity index is 1.36. The molecule has 5 rings (SSSR count). The maximum Gasteiger partial charge on any atom is 0.150 e. The maximum absolute atomic E-state index is 5.88. The first kappa shape index (κ1) is 20.4. The van der Waals surface area contributed by atoms with Gasteiger partial charge in [0.2, 0.25) is 0 Å². The van der Waals surface area contributed by atoms with Gasteiger partial charge in [-0.2, -0.15) is 5.10 Å². The molecule has 0 spiro atoms. The number of nitrogens with zero attached hydrogens (tertiary/aromatic N) is 5. The van der Waals surface area contributed by atoms with Crippen LogP contribution in [0.2, 0.25) is 0 Å². The number of benzene rings is 1. The summed E-state index contributed by atoms with van der Waals surface area (Å²) in [6.07, 6.45) is 13.9. The summed E-state index contributed by atoms with van der Waals surface area (Å²) < 4.78 is 7.84. The SMILES string of the molecule is CN(C)C1CCC(Nc2ncnc3ccc(-c4cnn(C5CCCCO5)c4)cc23)CC1. The summed E-state index contributed by atoms with van der Waals surface area (Å²) >= 11 is 0. The van der Waals surface area contributed by atoms with E-state index in [0.29, 0.717) is 12.1 Å². The fraction of sp³-hybridized carbons (Fsp3) is 0.542. The Morgan fingerprint density at radius 3 is 2.68 bits per heavy atom. The molecule has 1 aromatic carbocycles. The zero-order chi connectivity index (χ0) is 21.2. The Morgan fingerprint density at radius 1 is 1.03 bits per heavy atom. The molecule has 1 aliphatic carbocycles. The number of ether oxygens (including phenoxy) is 1. The zero-order valence-corrected chi connectivity index (χ0v) is 18.5. The average molecular weight is 421 g/mol. The van der Waals surface area contributed by atoms with E-state index in [2.05, 4.69) is 63.8 Å².